The Balaban J connectivity index is 1.77. The number of nitrogens with zero attached hydrogens (tertiary/aromatic N) is 3. The van der Waals surface area contributed by atoms with Gasteiger partial charge in [0.15, 0.2) is 0 Å². The number of hydrogen-bond acceptors (Lipinski definition) is 5. The van der Waals surface area contributed by atoms with Crippen molar-refractivity contribution in [1.29, 1.82) is 0 Å². The summed E-state index contributed by atoms with van der Waals surface area (Å²) in [5, 5.41) is 0. The zero-order valence-corrected chi connectivity index (χ0v) is 15.7. The van der Waals surface area contributed by atoms with Gasteiger partial charge >= 0.3 is 0 Å². The van der Waals surface area contributed by atoms with Crippen LogP contribution in [0.1, 0.15) is 20.1 Å². The number of aryl methyl sites for hydroxylation is 1. The molecule has 0 spiro atoms. The van der Waals surface area contributed by atoms with Crippen LogP contribution >= 0.6 is 11.3 Å². The molecule has 26 heavy (non-hydrogen) atoms. The fraction of sp³-hybridized carbons (Fsp3) is 0.250. The summed E-state index contributed by atoms with van der Waals surface area (Å²) in [7, 11) is 1.65. The molecule has 0 saturated carbocycles. The number of carbonyl (C=O) groups excluding carboxylic acids is 1. The Kier molecular flexibility index (Phi) is 6.09. The molecule has 6 heteroatoms. The molecule has 0 bridgehead atoms. The lowest BCUT2D eigenvalue weighted by Crippen LogP contribution is -2.33. The molecule has 0 saturated heterocycles. The van der Waals surface area contributed by atoms with Crippen LogP contribution in [0.15, 0.2) is 55.1 Å². The van der Waals surface area contributed by atoms with Crippen LogP contribution in [0, 0.1) is 6.92 Å². The van der Waals surface area contributed by atoms with Gasteiger partial charge in [-0.1, -0.05) is 12.1 Å². The van der Waals surface area contributed by atoms with Gasteiger partial charge in [-0.15, -0.1) is 11.3 Å². The van der Waals surface area contributed by atoms with Gasteiger partial charge < -0.3 is 9.64 Å². The lowest BCUT2D eigenvalue weighted by Gasteiger charge is -2.22. The van der Waals surface area contributed by atoms with Crippen molar-refractivity contribution >= 4 is 17.2 Å². The van der Waals surface area contributed by atoms with Crippen molar-refractivity contribution in [2.75, 3.05) is 20.3 Å². The third-order valence-corrected chi connectivity index (χ3v) is 5.01. The van der Waals surface area contributed by atoms with Crippen molar-refractivity contribution in [1.82, 2.24) is 14.9 Å². The highest BCUT2D eigenvalue weighted by atomic mass is 32.1. The maximum absolute atomic E-state index is 13.0. The van der Waals surface area contributed by atoms with Gasteiger partial charge in [-0.2, -0.15) is 0 Å². The number of carbonyl (C=O) groups is 1. The van der Waals surface area contributed by atoms with Gasteiger partial charge in [0.2, 0.25) is 0 Å². The van der Waals surface area contributed by atoms with Crippen molar-refractivity contribution in [2.45, 2.75) is 13.5 Å². The van der Waals surface area contributed by atoms with E-state index in [-0.39, 0.29) is 5.91 Å². The van der Waals surface area contributed by atoms with E-state index in [4.69, 9.17) is 4.74 Å². The van der Waals surface area contributed by atoms with Crippen molar-refractivity contribution in [2.24, 2.45) is 0 Å². The fourth-order valence-corrected chi connectivity index (χ4v) is 3.55. The second-order valence-corrected chi connectivity index (χ2v) is 7.31. The van der Waals surface area contributed by atoms with Gasteiger partial charge in [0.1, 0.15) is 6.33 Å². The summed E-state index contributed by atoms with van der Waals surface area (Å²) in [4.78, 5) is 25.3. The largest absolute Gasteiger partial charge is 0.383 e. The van der Waals surface area contributed by atoms with Crippen LogP contribution in [-0.2, 0) is 11.3 Å². The maximum Gasteiger partial charge on any atom is 0.254 e. The molecule has 3 rings (SSSR count). The molecule has 0 radical (unpaired) electrons. The number of methoxy groups -OCH3 is 1. The molecule has 2 heterocycles. The lowest BCUT2D eigenvalue weighted by molar-refractivity contribution is 0.0682. The van der Waals surface area contributed by atoms with Gasteiger partial charge in [-0.05, 0) is 36.8 Å². The van der Waals surface area contributed by atoms with E-state index >= 15 is 0 Å². The topological polar surface area (TPSA) is 55.3 Å². The first-order chi connectivity index (χ1) is 12.7. The minimum atomic E-state index is 0.00367. The normalized spacial score (nSPS) is 10.7. The van der Waals surface area contributed by atoms with Gasteiger partial charge in [0.25, 0.3) is 5.91 Å². The summed E-state index contributed by atoms with van der Waals surface area (Å²) in [6, 6.07) is 11.7. The maximum atomic E-state index is 13.0. The number of amides is 1. The Morgan fingerprint density at radius 3 is 2.42 bits per heavy atom. The van der Waals surface area contributed by atoms with Crippen LogP contribution in [0.4, 0.5) is 0 Å². The first-order valence-corrected chi connectivity index (χ1v) is 9.18. The molecule has 0 unspecified atom stereocenters. The average molecular weight is 367 g/mol. The van der Waals surface area contributed by atoms with Gasteiger partial charge in [-0.25, -0.2) is 9.97 Å². The summed E-state index contributed by atoms with van der Waals surface area (Å²) >= 11 is 1.71. The van der Waals surface area contributed by atoms with E-state index in [0.717, 1.165) is 11.1 Å². The van der Waals surface area contributed by atoms with Crippen molar-refractivity contribution in [3.05, 3.63) is 70.4 Å². The molecule has 0 aliphatic rings. The predicted octanol–water partition coefficient (Wildman–Crippen LogP) is 3.80. The standard InChI is InChI=1S/C20H21N3O2S/c1-15-3-8-19(26-15)13-23(9-10-25-2)20(24)17-6-4-16(5-7-17)18-11-21-14-22-12-18/h3-8,11-12,14H,9-10,13H2,1-2H3. The number of benzene rings is 1. The Bertz CT molecular complexity index is 847. The Hall–Kier alpha value is -2.57. The van der Waals surface area contributed by atoms with Crippen molar-refractivity contribution < 1.29 is 9.53 Å². The Labute approximate surface area is 157 Å². The van der Waals surface area contributed by atoms with Gasteiger partial charge in [0.05, 0.1) is 13.2 Å². The van der Waals surface area contributed by atoms with Crippen LogP contribution in [0.3, 0.4) is 0 Å². The first-order valence-electron chi connectivity index (χ1n) is 8.36. The highest BCUT2D eigenvalue weighted by Gasteiger charge is 2.17. The van der Waals surface area contributed by atoms with Crippen LogP contribution < -0.4 is 0 Å². The molecule has 5 nitrogen and oxygen atoms in total. The predicted molar refractivity (Wildman–Crippen MR) is 103 cm³/mol. The fourth-order valence-electron chi connectivity index (χ4n) is 2.65. The SMILES string of the molecule is COCCN(Cc1ccc(C)s1)C(=O)c1ccc(-c2cncnc2)cc1. The third-order valence-electron chi connectivity index (χ3n) is 4.02. The molecule has 1 aromatic carbocycles. The van der Waals surface area contributed by atoms with Gasteiger partial charge in [-0.3, -0.25) is 4.79 Å². The van der Waals surface area contributed by atoms with E-state index in [9.17, 15) is 4.79 Å². The zero-order valence-electron chi connectivity index (χ0n) is 14.9. The molecule has 0 fully saturated rings. The van der Waals surface area contributed by atoms with E-state index in [1.54, 1.807) is 30.8 Å². The van der Waals surface area contributed by atoms with E-state index in [1.807, 2.05) is 29.2 Å². The number of hydrogen-bond donors (Lipinski definition) is 0. The summed E-state index contributed by atoms with van der Waals surface area (Å²) in [5.74, 6) is 0.00367. The third kappa shape index (κ3) is 4.53. The van der Waals surface area contributed by atoms with E-state index in [2.05, 4.69) is 29.0 Å². The van der Waals surface area contributed by atoms with Crippen LogP contribution in [-0.4, -0.2) is 41.0 Å². The molecule has 1 amide bonds. The zero-order chi connectivity index (χ0) is 18.4. The molecule has 0 aliphatic carbocycles. The summed E-state index contributed by atoms with van der Waals surface area (Å²) in [6.07, 6.45) is 5.02. The smallest absolute Gasteiger partial charge is 0.254 e. The molecule has 0 aliphatic heterocycles. The summed E-state index contributed by atoms with van der Waals surface area (Å²) < 4.78 is 5.17. The molecule has 2 aromatic heterocycles. The summed E-state index contributed by atoms with van der Waals surface area (Å²) in [5.41, 5.74) is 2.58. The molecular formula is C20H21N3O2S. The molecule has 0 atom stereocenters. The molecular weight excluding hydrogens is 346 g/mol. The average Bonchev–Trinajstić information content (AvgIpc) is 3.10. The van der Waals surface area contributed by atoms with E-state index in [1.165, 1.54) is 16.1 Å². The first kappa shape index (κ1) is 18.2. The van der Waals surface area contributed by atoms with Crippen molar-refractivity contribution in [3.8, 4) is 11.1 Å². The lowest BCUT2D eigenvalue weighted by atomic mass is 10.1. The minimum absolute atomic E-state index is 0.00367. The van der Waals surface area contributed by atoms with E-state index < -0.39 is 0 Å². The highest BCUT2D eigenvalue weighted by molar-refractivity contribution is 7.11. The second-order valence-electron chi connectivity index (χ2n) is 5.94. The number of thiophene rings is 1. The molecule has 0 N–H and O–H groups in total. The van der Waals surface area contributed by atoms with Crippen LogP contribution in [0.2, 0.25) is 0 Å². The second kappa shape index (κ2) is 8.69. The monoisotopic (exact) mass is 367 g/mol. The number of aromatic nitrogens is 2. The minimum Gasteiger partial charge on any atom is -0.383 e. The van der Waals surface area contributed by atoms with Crippen molar-refractivity contribution in [3.63, 3.8) is 0 Å². The van der Waals surface area contributed by atoms with E-state index in [0.29, 0.717) is 25.3 Å². The highest BCUT2D eigenvalue weighted by Crippen LogP contribution is 2.21. The van der Waals surface area contributed by atoms with Crippen LogP contribution in [0.5, 0.6) is 0 Å². The number of rotatable bonds is 7. The van der Waals surface area contributed by atoms with Gasteiger partial charge in [0, 0.05) is 46.9 Å². The molecule has 134 valence electrons. The molecule has 3 aromatic rings. The van der Waals surface area contributed by atoms with Crippen LogP contribution in [0.25, 0.3) is 11.1 Å². The quantitative estimate of drug-likeness (QED) is 0.637. The Morgan fingerprint density at radius 2 is 1.81 bits per heavy atom. The number of ether oxygens (including phenoxy) is 1. The Morgan fingerprint density at radius 1 is 1.08 bits per heavy atom. The summed E-state index contributed by atoms with van der Waals surface area (Å²) in [6.45, 7) is 3.73.